The van der Waals surface area contributed by atoms with Gasteiger partial charge in [-0.05, 0) is 69.3 Å². The molecule has 30 heavy (non-hydrogen) atoms. The molecule has 3 aliphatic rings. The summed E-state index contributed by atoms with van der Waals surface area (Å²) in [7, 11) is 0. The molecule has 1 saturated carbocycles. The largest absolute Gasteiger partial charge is 0.422 e. The van der Waals surface area contributed by atoms with Crippen LogP contribution in [0.1, 0.15) is 68.9 Å². The summed E-state index contributed by atoms with van der Waals surface area (Å²) in [4.78, 5) is 29.2. The Kier molecular flexibility index (Phi) is 6.28. The zero-order chi connectivity index (χ0) is 21.0. The van der Waals surface area contributed by atoms with Crippen LogP contribution in [0.4, 0.5) is 0 Å². The lowest BCUT2D eigenvalue weighted by atomic mass is 9.76. The monoisotopic (exact) mass is 411 g/mol. The molecular weight excluding hydrogens is 378 g/mol. The van der Waals surface area contributed by atoms with Crippen LogP contribution in [0.3, 0.4) is 0 Å². The maximum atomic E-state index is 13.4. The second-order valence-electron chi connectivity index (χ2n) is 9.11. The summed E-state index contributed by atoms with van der Waals surface area (Å²) in [5, 5.41) is 0. The number of hydrogen-bond donors (Lipinski definition) is 0. The summed E-state index contributed by atoms with van der Waals surface area (Å²) >= 11 is 0. The smallest absolute Gasteiger partial charge is 0.327 e. The van der Waals surface area contributed by atoms with E-state index in [4.69, 9.17) is 9.47 Å². The minimum absolute atomic E-state index is 0.312. The average Bonchev–Trinajstić information content (AvgIpc) is 2.77. The van der Waals surface area contributed by atoms with Crippen molar-refractivity contribution < 1.29 is 19.1 Å². The average molecular weight is 412 g/mol. The standard InChI is InChI=1S/C25H33NO4/c1-2-20-9-11-21(12-10-20)19-24(15-18-26-16-7-4-8-17-26)22(27)29-25(30-23(24)28)13-5-3-6-14-25/h2,9-12H,1,3-8,13-19H2. The highest BCUT2D eigenvalue weighted by Gasteiger charge is 2.58. The second-order valence-corrected chi connectivity index (χ2v) is 9.11. The van der Waals surface area contributed by atoms with E-state index in [0.29, 0.717) is 32.2 Å². The van der Waals surface area contributed by atoms with Gasteiger partial charge in [0.1, 0.15) is 0 Å². The van der Waals surface area contributed by atoms with Crippen LogP contribution >= 0.6 is 0 Å². The molecule has 0 aromatic heterocycles. The molecule has 1 aliphatic carbocycles. The fraction of sp³-hybridized carbons (Fsp3) is 0.600. The van der Waals surface area contributed by atoms with Gasteiger partial charge in [-0.1, -0.05) is 49.8 Å². The maximum absolute atomic E-state index is 13.4. The number of likely N-dealkylation sites (tertiary alicyclic amines) is 1. The summed E-state index contributed by atoms with van der Waals surface area (Å²) in [6, 6.07) is 7.85. The first-order valence-electron chi connectivity index (χ1n) is 11.5. The molecule has 4 rings (SSSR count). The molecule has 0 amide bonds. The van der Waals surface area contributed by atoms with E-state index in [9.17, 15) is 9.59 Å². The Bertz CT molecular complexity index is 753. The zero-order valence-electron chi connectivity index (χ0n) is 17.9. The number of ether oxygens (including phenoxy) is 2. The number of esters is 2. The van der Waals surface area contributed by atoms with Crippen LogP contribution < -0.4 is 0 Å². The molecule has 5 nitrogen and oxygen atoms in total. The summed E-state index contributed by atoms with van der Waals surface area (Å²) < 4.78 is 11.9. The van der Waals surface area contributed by atoms with E-state index in [1.807, 2.05) is 24.3 Å². The third kappa shape index (κ3) is 4.31. The van der Waals surface area contributed by atoms with E-state index >= 15 is 0 Å². The lowest BCUT2D eigenvalue weighted by Gasteiger charge is -2.45. The molecular formula is C25H33NO4. The van der Waals surface area contributed by atoms with Gasteiger partial charge >= 0.3 is 11.9 Å². The van der Waals surface area contributed by atoms with Gasteiger partial charge in [0.05, 0.1) is 0 Å². The molecule has 2 aliphatic heterocycles. The van der Waals surface area contributed by atoms with Crippen LogP contribution in [0, 0.1) is 5.41 Å². The van der Waals surface area contributed by atoms with Crippen LogP contribution in [-0.2, 0) is 25.5 Å². The van der Waals surface area contributed by atoms with Crippen molar-refractivity contribution in [3.05, 3.63) is 42.0 Å². The predicted octanol–water partition coefficient (Wildman–Crippen LogP) is 4.49. The highest BCUT2D eigenvalue weighted by atomic mass is 16.7. The third-order valence-corrected chi connectivity index (χ3v) is 6.98. The maximum Gasteiger partial charge on any atom is 0.327 e. The van der Waals surface area contributed by atoms with Crippen LogP contribution in [0.25, 0.3) is 6.08 Å². The number of piperidine rings is 1. The van der Waals surface area contributed by atoms with Gasteiger partial charge < -0.3 is 14.4 Å². The molecule has 2 heterocycles. The van der Waals surface area contributed by atoms with Crippen LogP contribution in [0.5, 0.6) is 0 Å². The van der Waals surface area contributed by atoms with E-state index in [-0.39, 0.29) is 0 Å². The molecule has 0 N–H and O–H groups in total. The van der Waals surface area contributed by atoms with Crippen molar-refractivity contribution in [2.45, 2.75) is 70.0 Å². The Morgan fingerprint density at radius 1 is 0.900 bits per heavy atom. The molecule has 3 fully saturated rings. The number of nitrogens with zero attached hydrogens (tertiary/aromatic N) is 1. The van der Waals surface area contributed by atoms with Crippen molar-refractivity contribution in [2.24, 2.45) is 5.41 Å². The van der Waals surface area contributed by atoms with Crippen molar-refractivity contribution >= 4 is 18.0 Å². The lowest BCUT2D eigenvalue weighted by Crippen LogP contribution is -2.58. The lowest BCUT2D eigenvalue weighted by molar-refractivity contribution is -0.271. The summed E-state index contributed by atoms with van der Waals surface area (Å²) in [6.07, 6.45) is 10.3. The van der Waals surface area contributed by atoms with Gasteiger partial charge in [0, 0.05) is 12.8 Å². The van der Waals surface area contributed by atoms with Crippen LogP contribution in [-0.4, -0.2) is 42.3 Å². The first-order chi connectivity index (χ1) is 14.6. The van der Waals surface area contributed by atoms with Gasteiger partial charge in [0.25, 0.3) is 5.79 Å². The number of rotatable bonds is 6. The number of carbonyl (C=O) groups excluding carboxylic acids is 2. The van der Waals surface area contributed by atoms with Crippen molar-refractivity contribution in [2.75, 3.05) is 19.6 Å². The Labute approximate surface area is 179 Å². The summed E-state index contributed by atoms with van der Waals surface area (Å²) in [5.41, 5.74) is 0.680. The quantitative estimate of drug-likeness (QED) is 0.510. The van der Waals surface area contributed by atoms with E-state index in [2.05, 4.69) is 11.5 Å². The molecule has 0 bridgehead atoms. The van der Waals surface area contributed by atoms with E-state index < -0.39 is 23.1 Å². The molecule has 0 unspecified atom stereocenters. The Hall–Kier alpha value is -2.14. The first kappa shape index (κ1) is 21.1. The molecule has 1 spiro atoms. The molecule has 0 radical (unpaired) electrons. The van der Waals surface area contributed by atoms with Gasteiger partial charge in [-0.2, -0.15) is 0 Å². The number of benzene rings is 1. The second kappa shape index (κ2) is 8.93. The van der Waals surface area contributed by atoms with Crippen molar-refractivity contribution in [3.63, 3.8) is 0 Å². The zero-order valence-corrected chi connectivity index (χ0v) is 17.9. The normalized spacial score (nSPS) is 23.6. The van der Waals surface area contributed by atoms with Crippen molar-refractivity contribution in [1.29, 1.82) is 0 Å². The Morgan fingerprint density at radius 2 is 1.50 bits per heavy atom. The Balaban J connectivity index is 1.57. The molecule has 162 valence electrons. The minimum Gasteiger partial charge on any atom is -0.422 e. The van der Waals surface area contributed by atoms with Crippen LogP contribution in [0.2, 0.25) is 0 Å². The molecule has 1 aromatic carbocycles. The van der Waals surface area contributed by atoms with Gasteiger partial charge in [0.15, 0.2) is 5.41 Å². The van der Waals surface area contributed by atoms with Gasteiger partial charge in [-0.15, -0.1) is 0 Å². The molecule has 1 aromatic rings. The van der Waals surface area contributed by atoms with E-state index in [0.717, 1.165) is 43.5 Å². The summed E-state index contributed by atoms with van der Waals surface area (Å²) in [5.74, 6) is -1.83. The highest BCUT2D eigenvalue weighted by molar-refractivity contribution is 6.02. The van der Waals surface area contributed by atoms with Gasteiger partial charge in [-0.3, -0.25) is 9.59 Å². The molecule has 5 heteroatoms. The van der Waals surface area contributed by atoms with Crippen molar-refractivity contribution in [3.8, 4) is 0 Å². The third-order valence-electron chi connectivity index (χ3n) is 6.98. The highest BCUT2D eigenvalue weighted by Crippen LogP contribution is 2.44. The fourth-order valence-electron chi connectivity index (χ4n) is 5.02. The summed E-state index contributed by atoms with van der Waals surface area (Å²) in [6.45, 7) is 6.55. The molecule has 2 saturated heterocycles. The van der Waals surface area contributed by atoms with Gasteiger partial charge in [-0.25, -0.2) is 0 Å². The van der Waals surface area contributed by atoms with Gasteiger partial charge in [0.2, 0.25) is 0 Å². The predicted molar refractivity (Wildman–Crippen MR) is 116 cm³/mol. The van der Waals surface area contributed by atoms with E-state index in [1.54, 1.807) is 6.08 Å². The Morgan fingerprint density at radius 3 is 2.10 bits per heavy atom. The first-order valence-corrected chi connectivity index (χ1v) is 11.5. The molecule has 0 atom stereocenters. The minimum atomic E-state index is -1.27. The van der Waals surface area contributed by atoms with Crippen molar-refractivity contribution in [1.82, 2.24) is 4.90 Å². The van der Waals surface area contributed by atoms with Crippen LogP contribution in [0.15, 0.2) is 30.8 Å². The SMILES string of the molecule is C=Cc1ccc(CC2(CCN3CCCCC3)C(=O)OC3(CCCCC3)OC2=O)cc1. The number of hydrogen-bond acceptors (Lipinski definition) is 5. The number of carbonyl (C=O) groups is 2. The topological polar surface area (TPSA) is 55.8 Å². The van der Waals surface area contributed by atoms with E-state index in [1.165, 1.54) is 19.3 Å². The fourth-order valence-corrected chi connectivity index (χ4v) is 5.02.